The number of nitrogens with zero attached hydrogens (tertiary/aromatic N) is 2. The zero-order valence-corrected chi connectivity index (χ0v) is 12.7. The second-order valence-corrected chi connectivity index (χ2v) is 5.51. The topological polar surface area (TPSA) is 34.9 Å². The highest BCUT2D eigenvalue weighted by atomic mass is 16.1. The summed E-state index contributed by atoms with van der Waals surface area (Å²) in [5.74, 6) is 0. The molecule has 3 nitrogen and oxygen atoms in total. The predicted octanol–water partition coefficient (Wildman–Crippen LogP) is 4.16. The first-order chi connectivity index (χ1) is 10.7. The fourth-order valence-corrected chi connectivity index (χ4v) is 2.43. The summed E-state index contributed by atoms with van der Waals surface area (Å²) in [5.41, 5.74) is 3.11. The van der Waals surface area contributed by atoms with E-state index in [-0.39, 0.29) is 11.6 Å². The molecule has 0 saturated heterocycles. The normalized spacial score (nSPS) is 10.9. The fraction of sp³-hybridized carbons (Fsp3) is 0.158. The highest BCUT2D eigenvalue weighted by Crippen LogP contribution is 2.21. The van der Waals surface area contributed by atoms with E-state index < -0.39 is 0 Å². The smallest absolute Gasteiger partial charge is 0.277 e. The number of hydrogen-bond acceptors (Lipinski definition) is 2. The van der Waals surface area contributed by atoms with Crippen molar-refractivity contribution in [1.29, 1.82) is 0 Å². The summed E-state index contributed by atoms with van der Waals surface area (Å²) in [6.07, 6.45) is 1.84. The second kappa shape index (κ2) is 5.98. The summed E-state index contributed by atoms with van der Waals surface area (Å²) in [6.45, 7) is 4.01. The molecule has 0 atom stereocenters. The van der Waals surface area contributed by atoms with E-state index in [9.17, 15) is 4.79 Å². The van der Waals surface area contributed by atoms with Crippen LogP contribution in [-0.4, -0.2) is 9.55 Å². The van der Waals surface area contributed by atoms with E-state index in [2.05, 4.69) is 4.98 Å². The van der Waals surface area contributed by atoms with Crippen LogP contribution < -0.4 is 5.56 Å². The van der Waals surface area contributed by atoms with Crippen LogP contribution in [0.2, 0.25) is 0 Å². The van der Waals surface area contributed by atoms with Gasteiger partial charge in [0.2, 0.25) is 0 Å². The standard InChI is InChI=1S/C19H18N2O/c1-14(2)21-13-17(15-9-5-3-6-10-15)20-18(19(21)22)16-11-7-4-8-12-16/h3-14H,1-2H3. The Morgan fingerprint density at radius 1 is 0.864 bits per heavy atom. The summed E-state index contributed by atoms with van der Waals surface area (Å²) in [5, 5.41) is 0. The van der Waals surface area contributed by atoms with Gasteiger partial charge in [0.05, 0.1) is 5.69 Å². The van der Waals surface area contributed by atoms with Crippen molar-refractivity contribution in [3.05, 3.63) is 77.2 Å². The van der Waals surface area contributed by atoms with Crippen LogP contribution in [0.4, 0.5) is 0 Å². The molecule has 0 aliphatic rings. The first kappa shape index (κ1) is 14.3. The molecule has 0 bridgehead atoms. The molecule has 0 N–H and O–H groups in total. The summed E-state index contributed by atoms with van der Waals surface area (Å²) in [6, 6.07) is 19.6. The lowest BCUT2D eigenvalue weighted by molar-refractivity contribution is 0.576. The van der Waals surface area contributed by atoms with Crippen LogP contribution in [-0.2, 0) is 0 Å². The van der Waals surface area contributed by atoms with Crippen LogP contribution in [0.3, 0.4) is 0 Å². The van der Waals surface area contributed by atoms with E-state index in [1.165, 1.54) is 0 Å². The van der Waals surface area contributed by atoms with Crippen LogP contribution in [0.1, 0.15) is 19.9 Å². The maximum absolute atomic E-state index is 12.7. The zero-order chi connectivity index (χ0) is 15.5. The Labute approximate surface area is 129 Å². The number of rotatable bonds is 3. The molecule has 3 heteroatoms. The molecule has 0 unspecified atom stereocenters. The van der Waals surface area contributed by atoms with Gasteiger partial charge in [-0.05, 0) is 13.8 Å². The van der Waals surface area contributed by atoms with E-state index in [1.807, 2.05) is 80.7 Å². The van der Waals surface area contributed by atoms with Gasteiger partial charge < -0.3 is 4.57 Å². The fourth-order valence-electron chi connectivity index (χ4n) is 2.43. The van der Waals surface area contributed by atoms with Gasteiger partial charge in [0, 0.05) is 23.4 Å². The molecule has 0 spiro atoms. The van der Waals surface area contributed by atoms with Gasteiger partial charge in [-0.3, -0.25) is 4.79 Å². The van der Waals surface area contributed by atoms with Gasteiger partial charge in [-0.1, -0.05) is 60.7 Å². The highest BCUT2D eigenvalue weighted by Gasteiger charge is 2.13. The highest BCUT2D eigenvalue weighted by molar-refractivity contribution is 5.64. The van der Waals surface area contributed by atoms with Gasteiger partial charge in [-0.2, -0.15) is 0 Å². The molecule has 110 valence electrons. The van der Waals surface area contributed by atoms with Crippen molar-refractivity contribution in [2.75, 3.05) is 0 Å². The molecule has 0 radical (unpaired) electrons. The maximum Gasteiger partial charge on any atom is 0.277 e. The molecule has 3 rings (SSSR count). The molecule has 22 heavy (non-hydrogen) atoms. The Morgan fingerprint density at radius 2 is 1.41 bits per heavy atom. The largest absolute Gasteiger partial charge is 0.309 e. The average molecular weight is 290 g/mol. The molecular weight excluding hydrogens is 272 g/mol. The zero-order valence-electron chi connectivity index (χ0n) is 12.7. The lowest BCUT2D eigenvalue weighted by Gasteiger charge is -2.14. The SMILES string of the molecule is CC(C)n1cc(-c2ccccc2)nc(-c2ccccc2)c1=O. The first-order valence-corrected chi connectivity index (χ1v) is 7.41. The Balaban J connectivity index is 2.26. The van der Waals surface area contributed by atoms with Crippen LogP contribution in [0.5, 0.6) is 0 Å². The lowest BCUT2D eigenvalue weighted by atomic mass is 10.1. The second-order valence-electron chi connectivity index (χ2n) is 5.51. The van der Waals surface area contributed by atoms with Crippen LogP contribution in [0.25, 0.3) is 22.5 Å². The van der Waals surface area contributed by atoms with Crippen LogP contribution >= 0.6 is 0 Å². The van der Waals surface area contributed by atoms with Crippen LogP contribution in [0, 0.1) is 0 Å². The number of hydrogen-bond donors (Lipinski definition) is 0. The van der Waals surface area contributed by atoms with E-state index in [1.54, 1.807) is 4.57 Å². The minimum atomic E-state index is -0.0547. The van der Waals surface area contributed by atoms with Crippen molar-refractivity contribution in [3.63, 3.8) is 0 Å². The predicted molar refractivity (Wildman–Crippen MR) is 89.8 cm³/mol. The van der Waals surface area contributed by atoms with Crippen molar-refractivity contribution in [2.24, 2.45) is 0 Å². The van der Waals surface area contributed by atoms with Gasteiger partial charge in [0.1, 0.15) is 5.69 Å². The quantitative estimate of drug-likeness (QED) is 0.726. The van der Waals surface area contributed by atoms with Gasteiger partial charge in [-0.15, -0.1) is 0 Å². The average Bonchev–Trinajstić information content (AvgIpc) is 2.56. The third kappa shape index (κ3) is 2.70. The molecule has 0 aliphatic heterocycles. The molecule has 0 amide bonds. The first-order valence-electron chi connectivity index (χ1n) is 7.41. The summed E-state index contributed by atoms with van der Waals surface area (Å²) in [4.78, 5) is 17.3. The monoisotopic (exact) mass is 290 g/mol. The van der Waals surface area contributed by atoms with E-state index in [4.69, 9.17) is 0 Å². The summed E-state index contributed by atoms with van der Waals surface area (Å²) < 4.78 is 1.75. The number of benzene rings is 2. The molecule has 0 aliphatic carbocycles. The molecule has 1 heterocycles. The number of aromatic nitrogens is 2. The van der Waals surface area contributed by atoms with Gasteiger partial charge in [-0.25, -0.2) is 4.98 Å². The Morgan fingerprint density at radius 3 is 1.95 bits per heavy atom. The molecule has 3 aromatic rings. The Hall–Kier alpha value is -2.68. The molecule has 2 aromatic carbocycles. The van der Waals surface area contributed by atoms with E-state index in [0.29, 0.717) is 5.69 Å². The lowest BCUT2D eigenvalue weighted by Crippen LogP contribution is -2.24. The van der Waals surface area contributed by atoms with Crippen molar-refractivity contribution in [3.8, 4) is 22.5 Å². The van der Waals surface area contributed by atoms with Gasteiger partial charge in [0.25, 0.3) is 5.56 Å². The summed E-state index contributed by atoms with van der Waals surface area (Å²) in [7, 11) is 0. The van der Waals surface area contributed by atoms with Gasteiger partial charge in [0.15, 0.2) is 0 Å². The van der Waals surface area contributed by atoms with Crippen LogP contribution in [0.15, 0.2) is 71.7 Å². The van der Waals surface area contributed by atoms with E-state index >= 15 is 0 Å². The van der Waals surface area contributed by atoms with Gasteiger partial charge >= 0.3 is 0 Å². The Kier molecular flexibility index (Phi) is 3.88. The molecular formula is C19H18N2O. The minimum Gasteiger partial charge on any atom is -0.309 e. The maximum atomic E-state index is 12.7. The third-order valence-electron chi connectivity index (χ3n) is 3.60. The molecule has 0 fully saturated rings. The van der Waals surface area contributed by atoms with Crippen molar-refractivity contribution < 1.29 is 0 Å². The van der Waals surface area contributed by atoms with E-state index in [0.717, 1.165) is 16.8 Å². The van der Waals surface area contributed by atoms with Crippen molar-refractivity contribution >= 4 is 0 Å². The molecule has 0 saturated carbocycles. The molecule has 1 aromatic heterocycles. The third-order valence-corrected chi connectivity index (χ3v) is 3.60. The summed E-state index contributed by atoms with van der Waals surface area (Å²) >= 11 is 0. The Bertz CT molecular complexity index is 821. The van der Waals surface area contributed by atoms with Crippen molar-refractivity contribution in [2.45, 2.75) is 19.9 Å². The minimum absolute atomic E-state index is 0.0547. The van der Waals surface area contributed by atoms with Crippen molar-refractivity contribution in [1.82, 2.24) is 9.55 Å².